The number of Topliss-reactive ketones (excluding diaryl/α,β-unsaturated/α-hetero) is 1. The average molecular weight is 672 g/mol. The Morgan fingerprint density at radius 2 is 1.52 bits per heavy atom. The van der Waals surface area contributed by atoms with Gasteiger partial charge in [0.25, 0.3) is 0 Å². The van der Waals surface area contributed by atoms with Crippen molar-refractivity contribution < 1.29 is 44.3 Å². The van der Waals surface area contributed by atoms with Crippen molar-refractivity contribution in [2.75, 3.05) is 23.3 Å². The number of halogens is 10. The van der Waals surface area contributed by atoms with Crippen LogP contribution in [-0.4, -0.2) is 23.9 Å². The molecule has 14 heteroatoms. The molecule has 0 radical (unpaired) electrons. The fraction of sp³-hybridized carbons (Fsp3) is 0.250. The maximum absolute atomic E-state index is 13.7. The van der Waals surface area contributed by atoms with E-state index in [0.717, 1.165) is 6.07 Å². The molecule has 0 fully saturated rings. The van der Waals surface area contributed by atoms with Gasteiger partial charge in [0.2, 0.25) is 0 Å². The molecule has 0 bridgehead atoms. The van der Waals surface area contributed by atoms with Crippen molar-refractivity contribution >= 4 is 28.9 Å². The van der Waals surface area contributed by atoms with E-state index in [4.69, 9.17) is 11.6 Å². The lowest BCUT2D eigenvalue weighted by Crippen LogP contribution is -2.34. The number of fused-ring (bicyclic) bond motifs is 1. The number of anilines is 2. The number of nitrogens with one attached hydrogen (secondary N) is 1. The number of carbonyl (C=O) groups excluding carboxylic acids is 1. The summed E-state index contributed by atoms with van der Waals surface area (Å²) in [5.74, 6) is -0.0696. The van der Waals surface area contributed by atoms with E-state index < -0.39 is 41.0 Å². The largest absolute Gasteiger partial charge is 0.416 e. The Hall–Kier alpha value is -4.26. The summed E-state index contributed by atoms with van der Waals surface area (Å²) in [6.07, 6.45) is -13.8. The number of aromatic nitrogens is 1. The third-order valence-electron chi connectivity index (χ3n) is 7.42. The number of hydrogen-bond acceptors (Lipinski definition) is 4. The Bertz CT molecular complexity index is 1740. The lowest BCUT2D eigenvalue weighted by molar-refractivity contribution is -0.143. The lowest BCUT2D eigenvalue weighted by atomic mass is 9.97. The molecule has 4 aromatic rings. The molecule has 3 aromatic carbocycles. The van der Waals surface area contributed by atoms with Crippen LogP contribution in [0.2, 0.25) is 5.02 Å². The molecule has 0 aliphatic carbocycles. The van der Waals surface area contributed by atoms with Crippen molar-refractivity contribution in [1.29, 1.82) is 0 Å². The number of carbonyl (C=O) groups is 1. The van der Waals surface area contributed by atoms with Crippen LogP contribution in [0.4, 0.5) is 51.0 Å². The predicted molar refractivity (Wildman–Crippen MR) is 155 cm³/mol. The van der Waals surface area contributed by atoms with E-state index in [2.05, 4.69) is 10.3 Å². The molecule has 0 atom stereocenters. The lowest BCUT2D eigenvalue weighted by Gasteiger charge is -2.32. The van der Waals surface area contributed by atoms with Gasteiger partial charge in [0.1, 0.15) is 5.82 Å². The van der Waals surface area contributed by atoms with Crippen molar-refractivity contribution in [3.05, 3.63) is 111 Å². The Morgan fingerprint density at radius 3 is 2.17 bits per heavy atom. The minimum absolute atomic E-state index is 0.0195. The van der Waals surface area contributed by atoms with Crippen molar-refractivity contribution in [1.82, 2.24) is 4.98 Å². The molecule has 1 aliphatic heterocycles. The molecule has 1 N–H and O–H groups in total. The standard InChI is InChI=1S/C32H23ClF9N3O/c33-25-5-6-26(32(40,41)42)22(13-25)17-45-9-8-43-29-27(45)14-21(16-44-29)19-2-1-3-20(12-19)28(46)7-4-18-10-23(30(34,35)36)15-24(11-18)31(37,38)39/h1-3,5-6,10-16H,4,7-9,17H2,(H,43,44). The number of rotatable bonds is 7. The molecule has 0 unspecified atom stereocenters. The normalized spacial score (nSPS) is 13.7. The van der Waals surface area contributed by atoms with Crippen LogP contribution < -0.4 is 10.2 Å². The predicted octanol–water partition coefficient (Wildman–Crippen LogP) is 9.71. The van der Waals surface area contributed by atoms with Crippen LogP contribution in [0.1, 0.15) is 44.6 Å². The van der Waals surface area contributed by atoms with E-state index >= 15 is 0 Å². The zero-order valence-electron chi connectivity index (χ0n) is 23.5. The highest BCUT2D eigenvalue weighted by Crippen LogP contribution is 2.39. The molecule has 2 heterocycles. The minimum atomic E-state index is -5.00. The van der Waals surface area contributed by atoms with Gasteiger partial charge in [-0.3, -0.25) is 4.79 Å². The first-order chi connectivity index (χ1) is 21.5. The van der Waals surface area contributed by atoms with Crippen molar-refractivity contribution in [2.24, 2.45) is 0 Å². The quantitative estimate of drug-likeness (QED) is 0.157. The summed E-state index contributed by atoms with van der Waals surface area (Å²) in [4.78, 5) is 19.2. The molecule has 5 rings (SSSR count). The van der Waals surface area contributed by atoms with E-state index in [9.17, 15) is 44.3 Å². The zero-order valence-corrected chi connectivity index (χ0v) is 24.3. The van der Waals surface area contributed by atoms with Gasteiger partial charge in [0.05, 0.1) is 22.4 Å². The minimum Gasteiger partial charge on any atom is -0.367 e. The summed E-state index contributed by atoms with van der Waals surface area (Å²) in [5.41, 5.74) is -2.31. The smallest absolute Gasteiger partial charge is 0.367 e. The number of benzene rings is 3. The van der Waals surface area contributed by atoms with Crippen LogP contribution in [0.15, 0.2) is 72.9 Å². The third kappa shape index (κ3) is 7.57. The summed E-state index contributed by atoms with van der Waals surface area (Å²) in [5, 5.41) is 3.26. The third-order valence-corrected chi connectivity index (χ3v) is 7.66. The fourth-order valence-corrected chi connectivity index (χ4v) is 5.39. The van der Waals surface area contributed by atoms with Crippen LogP contribution in [0.3, 0.4) is 0 Å². The molecule has 1 aliphatic rings. The van der Waals surface area contributed by atoms with Gasteiger partial charge in [-0.2, -0.15) is 39.5 Å². The number of nitrogens with zero attached hydrogens (tertiary/aromatic N) is 2. The van der Waals surface area contributed by atoms with Gasteiger partial charge in [-0.25, -0.2) is 4.98 Å². The van der Waals surface area contributed by atoms with Crippen LogP contribution in [0.25, 0.3) is 11.1 Å². The Labute approximate surface area is 261 Å². The summed E-state index contributed by atoms with van der Waals surface area (Å²) in [7, 11) is 0. The van der Waals surface area contributed by atoms with E-state index in [1.165, 1.54) is 30.5 Å². The van der Waals surface area contributed by atoms with Crippen molar-refractivity contribution in [3.63, 3.8) is 0 Å². The summed E-state index contributed by atoms with van der Waals surface area (Å²) in [6.45, 7) is 0.660. The van der Waals surface area contributed by atoms with E-state index in [0.29, 0.717) is 47.9 Å². The van der Waals surface area contributed by atoms with Gasteiger partial charge in [-0.05, 0) is 71.6 Å². The van der Waals surface area contributed by atoms with Crippen LogP contribution in [-0.2, 0) is 31.5 Å². The van der Waals surface area contributed by atoms with Gasteiger partial charge in [-0.15, -0.1) is 0 Å². The van der Waals surface area contributed by atoms with Gasteiger partial charge < -0.3 is 10.2 Å². The molecular weight excluding hydrogens is 649 g/mol. The molecule has 0 saturated heterocycles. The van der Waals surface area contributed by atoms with E-state index in [1.54, 1.807) is 23.1 Å². The highest BCUT2D eigenvalue weighted by Gasteiger charge is 2.37. The Morgan fingerprint density at radius 1 is 0.826 bits per heavy atom. The summed E-state index contributed by atoms with van der Waals surface area (Å²) >= 11 is 6.01. The second-order valence-corrected chi connectivity index (χ2v) is 11.1. The monoisotopic (exact) mass is 671 g/mol. The topological polar surface area (TPSA) is 45.2 Å². The summed E-state index contributed by atoms with van der Waals surface area (Å²) in [6, 6.07) is 12.5. The van der Waals surface area contributed by atoms with Gasteiger partial charge in [0, 0.05) is 48.4 Å². The average Bonchev–Trinajstić information content (AvgIpc) is 2.98. The molecule has 4 nitrogen and oxygen atoms in total. The maximum Gasteiger partial charge on any atom is 0.416 e. The Balaban J connectivity index is 1.38. The fourth-order valence-electron chi connectivity index (χ4n) is 5.20. The number of aryl methyl sites for hydroxylation is 1. The zero-order chi connectivity index (χ0) is 33.4. The van der Waals surface area contributed by atoms with E-state index in [1.807, 2.05) is 0 Å². The van der Waals surface area contributed by atoms with Crippen molar-refractivity contribution in [3.8, 4) is 11.1 Å². The highest BCUT2D eigenvalue weighted by molar-refractivity contribution is 6.30. The van der Waals surface area contributed by atoms with Crippen molar-refractivity contribution in [2.45, 2.75) is 37.9 Å². The van der Waals surface area contributed by atoms with Gasteiger partial charge >= 0.3 is 18.5 Å². The molecular formula is C32H23ClF9N3O. The second-order valence-electron chi connectivity index (χ2n) is 10.7. The number of pyridine rings is 1. The van der Waals surface area contributed by atoms with Gasteiger partial charge in [-0.1, -0.05) is 29.8 Å². The number of alkyl halides is 9. The molecule has 242 valence electrons. The maximum atomic E-state index is 13.7. The van der Waals surface area contributed by atoms with E-state index in [-0.39, 0.29) is 47.2 Å². The number of hydrogen-bond donors (Lipinski definition) is 1. The molecule has 0 spiro atoms. The second kappa shape index (κ2) is 12.5. The first-order valence-electron chi connectivity index (χ1n) is 13.8. The first kappa shape index (κ1) is 33.1. The van der Waals surface area contributed by atoms with Gasteiger partial charge in [0.15, 0.2) is 5.78 Å². The molecule has 0 amide bonds. The molecule has 0 saturated carbocycles. The Kier molecular flexibility index (Phi) is 9.00. The SMILES string of the molecule is O=C(CCc1cc(C(F)(F)F)cc(C(F)(F)F)c1)c1cccc(-c2cnc3c(c2)N(Cc2cc(Cl)ccc2C(F)(F)F)CCN3)c1. The van der Waals surface area contributed by atoms with Crippen LogP contribution in [0.5, 0.6) is 0 Å². The summed E-state index contributed by atoms with van der Waals surface area (Å²) < 4.78 is 120. The van der Waals surface area contributed by atoms with Crippen LogP contribution >= 0.6 is 11.6 Å². The number of ketones is 1. The highest BCUT2D eigenvalue weighted by atomic mass is 35.5. The van der Waals surface area contributed by atoms with Crippen LogP contribution in [0, 0.1) is 0 Å². The molecule has 46 heavy (non-hydrogen) atoms. The first-order valence-corrected chi connectivity index (χ1v) is 14.1. The molecule has 1 aromatic heterocycles.